The highest BCUT2D eigenvalue weighted by Crippen LogP contribution is 2.36. The molecule has 0 spiro atoms. The van der Waals surface area contributed by atoms with Crippen molar-refractivity contribution in [3.8, 4) is 0 Å². The molecule has 19 heavy (non-hydrogen) atoms. The number of anilines is 1. The van der Waals surface area contributed by atoms with Gasteiger partial charge >= 0.3 is 0 Å². The molecule has 0 amide bonds. The van der Waals surface area contributed by atoms with Crippen LogP contribution in [-0.4, -0.2) is 15.0 Å². The lowest BCUT2D eigenvalue weighted by Crippen LogP contribution is -2.28. The van der Waals surface area contributed by atoms with Gasteiger partial charge in [0.1, 0.15) is 10.0 Å². The molecule has 1 aliphatic heterocycles. The highest BCUT2D eigenvalue weighted by atomic mass is 79.9. The highest BCUT2D eigenvalue weighted by molar-refractivity contribution is 9.11. The Balaban J connectivity index is 2.08. The maximum absolute atomic E-state index is 13.3. The van der Waals surface area contributed by atoms with E-state index >= 15 is 0 Å². The van der Waals surface area contributed by atoms with Crippen molar-refractivity contribution in [1.82, 2.24) is 0 Å². The topological polar surface area (TPSA) is 37.4 Å². The van der Waals surface area contributed by atoms with Crippen LogP contribution in [0.5, 0.6) is 0 Å². The maximum Gasteiger partial charge on any atom is 0.273 e. The molecule has 1 aliphatic rings. The molecule has 1 aromatic carbocycles. The van der Waals surface area contributed by atoms with Crippen molar-refractivity contribution in [1.29, 1.82) is 0 Å². The summed E-state index contributed by atoms with van der Waals surface area (Å²) in [5, 5.41) is 0. The molecule has 0 bridgehead atoms. The summed E-state index contributed by atoms with van der Waals surface area (Å²) in [5.74, 6) is -0.423. The number of nitrogens with zero attached hydrogens (tertiary/aromatic N) is 1. The minimum absolute atomic E-state index is 0.261. The van der Waals surface area contributed by atoms with E-state index in [1.54, 1.807) is 18.2 Å². The molecular weight excluding hydrogens is 353 g/mol. The number of halogens is 2. The van der Waals surface area contributed by atoms with Crippen LogP contribution in [-0.2, 0) is 16.4 Å². The minimum atomic E-state index is -3.59. The van der Waals surface area contributed by atoms with Gasteiger partial charge < -0.3 is 0 Å². The summed E-state index contributed by atoms with van der Waals surface area (Å²) in [6.45, 7) is 0.358. The first-order chi connectivity index (χ1) is 8.98. The van der Waals surface area contributed by atoms with Crippen molar-refractivity contribution in [2.24, 2.45) is 0 Å². The van der Waals surface area contributed by atoms with E-state index < -0.39 is 15.8 Å². The summed E-state index contributed by atoms with van der Waals surface area (Å²) in [6.07, 6.45) is 0.612. The average Bonchev–Trinajstić information content (AvgIpc) is 2.95. The number of fused-ring (bicyclic) bond motifs is 1. The molecule has 0 fully saturated rings. The first-order valence-corrected chi connectivity index (χ1v) is 8.60. The molecule has 0 aliphatic carbocycles. The second-order valence-corrected chi connectivity index (χ2v) is 8.71. The first-order valence-electron chi connectivity index (χ1n) is 5.55. The Morgan fingerprint density at radius 2 is 2.05 bits per heavy atom. The van der Waals surface area contributed by atoms with Gasteiger partial charge in [-0.3, -0.25) is 4.31 Å². The number of hydrogen-bond donors (Lipinski definition) is 0. The van der Waals surface area contributed by atoms with Gasteiger partial charge in [-0.2, -0.15) is 0 Å². The molecule has 3 rings (SSSR count). The zero-order chi connectivity index (χ0) is 13.6. The van der Waals surface area contributed by atoms with Crippen molar-refractivity contribution in [2.75, 3.05) is 10.8 Å². The lowest BCUT2D eigenvalue weighted by atomic mass is 10.2. The molecular formula is C12H9BrFNO2S2. The standard InChI is InChI=1S/C12H9BrFNO2S2/c13-11-3-4-12(18-11)19(16,17)15-6-5-8-1-2-9(14)7-10(8)15/h1-4,7H,5-6H2. The monoisotopic (exact) mass is 361 g/mol. The van der Waals surface area contributed by atoms with Crippen LogP contribution in [0.25, 0.3) is 0 Å². The van der Waals surface area contributed by atoms with Gasteiger partial charge in [-0.05, 0) is 52.2 Å². The predicted octanol–water partition coefficient (Wildman–Crippen LogP) is 3.40. The minimum Gasteiger partial charge on any atom is -0.265 e. The summed E-state index contributed by atoms with van der Waals surface area (Å²) in [5.41, 5.74) is 1.31. The van der Waals surface area contributed by atoms with E-state index in [1.807, 2.05) is 0 Å². The summed E-state index contributed by atoms with van der Waals surface area (Å²) in [7, 11) is -3.59. The van der Waals surface area contributed by atoms with Crippen molar-refractivity contribution >= 4 is 43.0 Å². The van der Waals surface area contributed by atoms with Crippen LogP contribution in [0, 0.1) is 5.82 Å². The van der Waals surface area contributed by atoms with Crippen LogP contribution in [0.2, 0.25) is 0 Å². The van der Waals surface area contributed by atoms with Gasteiger partial charge in [0.15, 0.2) is 0 Å². The Bertz CT molecular complexity index is 742. The van der Waals surface area contributed by atoms with E-state index in [0.717, 1.165) is 20.7 Å². The predicted molar refractivity (Wildman–Crippen MR) is 76.7 cm³/mol. The van der Waals surface area contributed by atoms with Gasteiger partial charge in [0.05, 0.1) is 9.47 Å². The van der Waals surface area contributed by atoms with E-state index in [1.165, 1.54) is 16.4 Å². The molecule has 100 valence electrons. The van der Waals surface area contributed by atoms with Gasteiger partial charge in [0.2, 0.25) is 0 Å². The molecule has 0 radical (unpaired) electrons. The fraction of sp³-hybridized carbons (Fsp3) is 0.167. The summed E-state index contributed by atoms with van der Waals surface area (Å²) < 4.78 is 40.6. The summed E-state index contributed by atoms with van der Waals surface area (Å²) in [4.78, 5) is 0. The number of hydrogen-bond acceptors (Lipinski definition) is 3. The third kappa shape index (κ3) is 2.19. The molecule has 1 aromatic heterocycles. The van der Waals surface area contributed by atoms with Crippen LogP contribution in [0.3, 0.4) is 0 Å². The first kappa shape index (κ1) is 13.1. The highest BCUT2D eigenvalue weighted by Gasteiger charge is 2.32. The maximum atomic E-state index is 13.3. The van der Waals surface area contributed by atoms with Gasteiger partial charge in [-0.15, -0.1) is 11.3 Å². The zero-order valence-electron chi connectivity index (χ0n) is 9.64. The van der Waals surface area contributed by atoms with Crippen molar-refractivity contribution in [3.05, 3.63) is 45.5 Å². The van der Waals surface area contributed by atoms with Crippen molar-refractivity contribution in [3.63, 3.8) is 0 Å². The van der Waals surface area contributed by atoms with Crippen molar-refractivity contribution in [2.45, 2.75) is 10.6 Å². The summed E-state index contributed by atoms with van der Waals surface area (Å²) in [6, 6.07) is 7.53. The van der Waals surface area contributed by atoms with E-state index in [4.69, 9.17) is 0 Å². The number of sulfonamides is 1. The zero-order valence-corrected chi connectivity index (χ0v) is 12.9. The average molecular weight is 362 g/mol. The molecule has 0 saturated heterocycles. The summed E-state index contributed by atoms with van der Waals surface area (Å²) >= 11 is 4.41. The molecule has 0 N–H and O–H groups in total. The largest absolute Gasteiger partial charge is 0.273 e. The van der Waals surface area contributed by atoms with Crippen LogP contribution >= 0.6 is 27.3 Å². The molecule has 3 nitrogen and oxygen atoms in total. The SMILES string of the molecule is O=S(=O)(c1ccc(Br)s1)N1CCc2ccc(F)cc21. The second-order valence-electron chi connectivity index (χ2n) is 4.16. The Morgan fingerprint density at radius 3 is 2.74 bits per heavy atom. The molecule has 2 heterocycles. The van der Waals surface area contributed by atoms with Gasteiger partial charge in [0, 0.05) is 6.54 Å². The quantitative estimate of drug-likeness (QED) is 0.821. The Hall–Kier alpha value is -0.920. The molecule has 0 unspecified atom stereocenters. The molecule has 0 atom stereocenters. The fourth-order valence-corrected chi connectivity index (χ4v) is 5.74. The molecule has 7 heteroatoms. The second kappa shape index (κ2) is 4.57. The van der Waals surface area contributed by atoms with E-state index in [9.17, 15) is 12.8 Å². The number of thiophene rings is 1. The Morgan fingerprint density at radius 1 is 1.26 bits per heavy atom. The number of benzene rings is 1. The Kier molecular flexibility index (Phi) is 3.15. The van der Waals surface area contributed by atoms with Crippen LogP contribution in [0.1, 0.15) is 5.56 Å². The van der Waals surface area contributed by atoms with Gasteiger partial charge in [0.25, 0.3) is 10.0 Å². The van der Waals surface area contributed by atoms with Gasteiger partial charge in [-0.1, -0.05) is 6.07 Å². The van der Waals surface area contributed by atoms with Gasteiger partial charge in [-0.25, -0.2) is 12.8 Å². The number of rotatable bonds is 2. The third-order valence-corrected chi connectivity index (χ3v) is 6.90. The normalized spacial score (nSPS) is 14.7. The fourth-order valence-electron chi connectivity index (χ4n) is 2.12. The van der Waals surface area contributed by atoms with Crippen molar-refractivity contribution < 1.29 is 12.8 Å². The smallest absolute Gasteiger partial charge is 0.265 e. The van der Waals surface area contributed by atoms with E-state index in [-0.39, 0.29) is 4.21 Å². The lowest BCUT2D eigenvalue weighted by Gasteiger charge is -2.18. The third-order valence-electron chi connectivity index (χ3n) is 2.99. The Labute approximate surface area is 122 Å². The molecule has 0 saturated carbocycles. The lowest BCUT2D eigenvalue weighted by molar-refractivity contribution is 0.594. The van der Waals surface area contributed by atoms with Crippen LogP contribution in [0.4, 0.5) is 10.1 Å². The van der Waals surface area contributed by atoms with Crippen LogP contribution in [0.15, 0.2) is 38.3 Å². The van der Waals surface area contributed by atoms with Crippen LogP contribution < -0.4 is 4.31 Å². The van der Waals surface area contributed by atoms with E-state index in [0.29, 0.717) is 18.7 Å². The van der Waals surface area contributed by atoms with E-state index in [2.05, 4.69) is 15.9 Å². The molecule has 2 aromatic rings.